The van der Waals surface area contributed by atoms with E-state index in [2.05, 4.69) is 16.0 Å². The third-order valence-corrected chi connectivity index (χ3v) is 20.6. The van der Waals surface area contributed by atoms with Crippen molar-refractivity contribution in [2.24, 2.45) is 17.8 Å². The van der Waals surface area contributed by atoms with Crippen LogP contribution < -0.4 is 16.0 Å². The standard InChI is InChI=1S/C68H106ClF3N12O12/c1-41(2)36-52-60(89)74-43(5)61(90)77(8)44(6)62(91)84-35-30-51(84)65(94)79(10)53(38-45-22-15-13-16-23-45)64(93)76(7)40-55(85)75-49(29-27-46-26-28-47(48(69)37-46)68(70,71)72)63(92)83-34-21-24-50(83)59(88)73-31-18-17-25-56(86)81(12)58(42(3)4)67(96)80(11)54(39-57(87)78(52)9)66(95)82-32-19-14-20-33-82/h26,28,37,41-45,49-54,58-59,73,88H,13-25,27,29-36,38-40H2,1-12H3,(H,74,89)(H,75,85)/t43-,44-,49-,50-,51-,52-,53-,54-,58-,59?/m0/s1. The van der Waals surface area contributed by atoms with E-state index in [0.717, 1.165) is 50.7 Å². The number of fused-ring (bicyclic) bond motifs is 2. The second kappa shape index (κ2) is 35.2. The van der Waals surface area contributed by atoms with Crippen LogP contribution >= 0.6 is 11.6 Å². The Kier molecular flexibility index (Phi) is 28.8. The molecular formula is C68H106ClF3N12O12. The van der Waals surface area contributed by atoms with Crippen molar-refractivity contribution < 1.29 is 71.0 Å². The molecule has 24 nitrogen and oxygen atoms in total. The highest BCUT2D eigenvalue weighted by atomic mass is 35.5. The number of alkyl halides is 3. The monoisotopic (exact) mass is 1370 g/mol. The van der Waals surface area contributed by atoms with E-state index in [1.54, 1.807) is 18.7 Å². The number of aliphatic hydroxyl groups excluding tert-OH is 1. The van der Waals surface area contributed by atoms with Crippen LogP contribution in [0.15, 0.2) is 18.2 Å². The summed E-state index contributed by atoms with van der Waals surface area (Å²) in [6.45, 7) is 11.0. The van der Waals surface area contributed by atoms with Gasteiger partial charge in [-0.3, -0.25) is 58.1 Å². The van der Waals surface area contributed by atoms with Crippen LogP contribution in [0.5, 0.6) is 0 Å². The third-order valence-electron chi connectivity index (χ3n) is 20.2. The second-order valence-corrected chi connectivity index (χ2v) is 28.5. The topological polar surface area (TPSA) is 273 Å². The zero-order valence-electron chi connectivity index (χ0n) is 58.4. The summed E-state index contributed by atoms with van der Waals surface area (Å²) in [5.41, 5.74) is -0.703. The lowest BCUT2D eigenvalue weighted by atomic mass is 9.84. The van der Waals surface area contributed by atoms with Gasteiger partial charge in [-0.25, -0.2) is 0 Å². The van der Waals surface area contributed by atoms with Gasteiger partial charge in [0.05, 0.1) is 29.6 Å². The Labute approximate surface area is 569 Å². The predicted molar refractivity (Wildman–Crippen MR) is 354 cm³/mol. The van der Waals surface area contributed by atoms with Crippen molar-refractivity contribution in [3.63, 3.8) is 0 Å². The lowest BCUT2D eigenvalue weighted by molar-refractivity contribution is -0.160. The molecule has 4 aliphatic heterocycles. The maximum Gasteiger partial charge on any atom is 0.417 e. The van der Waals surface area contributed by atoms with Crippen LogP contribution in [-0.4, -0.2) is 256 Å². The first-order valence-corrected chi connectivity index (χ1v) is 34.9. The molecule has 0 spiro atoms. The molecule has 4 heterocycles. The summed E-state index contributed by atoms with van der Waals surface area (Å²) >= 11 is 6.11. The van der Waals surface area contributed by atoms with Gasteiger partial charge in [0.15, 0.2) is 0 Å². The molecule has 1 aliphatic carbocycles. The Morgan fingerprint density at radius 1 is 0.656 bits per heavy atom. The Hall–Kier alpha value is -6.61. The molecule has 1 saturated carbocycles. The average molecular weight is 1380 g/mol. The highest BCUT2D eigenvalue weighted by Gasteiger charge is 2.47. The van der Waals surface area contributed by atoms with E-state index in [4.69, 9.17) is 11.6 Å². The number of carbonyl (C=O) groups excluding carboxylic acids is 11. The van der Waals surface area contributed by atoms with E-state index < -0.39 is 155 Å². The van der Waals surface area contributed by atoms with E-state index in [0.29, 0.717) is 57.2 Å². The van der Waals surface area contributed by atoms with Crippen molar-refractivity contribution in [2.45, 2.75) is 230 Å². The highest BCUT2D eigenvalue weighted by molar-refractivity contribution is 6.31. The lowest BCUT2D eigenvalue weighted by Crippen LogP contribution is -2.64. The molecule has 0 aromatic heterocycles. The number of benzene rings is 1. The average Bonchev–Trinajstić information content (AvgIpc) is 0.969. The van der Waals surface area contributed by atoms with Crippen LogP contribution in [0.1, 0.15) is 168 Å². The van der Waals surface area contributed by atoms with Crippen molar-refractivity contribution >= 4 is 76.6 Å². The molecule has 1 unspecified atom stereocenters. The molecule has 538 valence electrons. The summed E-state index contributed by atoms with van der Waals surface area (Å²) < 4.78 is 41.2. The fourth-order valence-corrected chi connectivity index (χ4v) is 14.4. The molecule has 28 heteroatoms. The number of likely N-dealkylation sites (N-methyl/N-ethyl adjacent to an activating group) is 6. The quantitative estimate of drug-likeness (QED) is 0.263. The molecule has 11 amide bonds. The van der Waals surface area contributed by atoms with Crippen molar-refractivity contribution in [2.75, 3.05) is 81.6 Å². The van der Waals surface area contributed by atoms with Crippen LogP contribution in [0.4, 0.5) is 13.2 Å². The normalized spacial score (nSPS) is 28.1. The largest absolute Gasteiger partial charge is 0.417 e. The maximum absolute atomic E-state index is 14.8. The van der Waals surface area contributed by atoms with Gasteiger partial charge < -0.3 is 59.8 Å². The van der Waals surface area contributed by atoms with E-state index in [-0.39, 0.29) is 75.9 Å². The number of aliphatic hydroxyl groups is 1. The number of amides is 11. The fraction of sp³-hybridized carbons (Fsp3) is 0.750. The van der Waals surface area contributed by atoms with Gasteiger partial charge in [0.2, 0.25) is 65.0 Å². The first-order valence-electron chi connectivity index (χ1n) is 34.5. The van der Waals surface area contributed by atoms with Crippen molar-refractivity contribution in [1.29, 1.82) is 0 Å². The fourth-order valence-electron chi connectivity index (χ4n) is 14.1. The smallest absolute Gasteiger partial charge is 0.376 e. The molecule has 10 atom stereocenters. The summed E-state index contributed by atoms with van der Waals surface area (Å²) in [6, 6.07) is -6.92. The zero-order valence-corrected chi connectivity index (χ0v) is 59.1. The summed E-state index contributed by atoms with van der Waals surface area (Å²) in [6.07, 6.45) is 2.22. The first kappa shape index (κ1) is 78.4. The van der Waals surface area contributed by atoms with Crippen molar-refractivity contribution in [3.05, 3.63) is 34.3 Å². The molecule has 5 fully saturated rings. The van der Waals surface area contributed by atoms with E-state index >= 15 is 0 Å². The number of hydrogen-bond acceptors (Lipinski definition) is 13. The number of hydrogen-bond donors (Lipinski definition) is 4. The van der Waals surface area contributed by atoms with Crippen LogP contribution in [-0.2, 0) is 65.3 Å². The number of nitrogens with one attached hydrogen (secondary N) is 3. The minimum Gasteiger partial charge on any atom is -0.376 e. The van der Waals surface area contributed by atoms with Crippen molar-refractivity contribution in [3.8, 4) is 0 Å². The molecule has 96 heavy (non-hydrogen) atoms. The number of aryl methyl sites for hydroxylation is 1. The first-order chi connectivity index (χ1) is 45.2. The van der Waals surface area contributed by atoms with E-state index in [1.165, 1.54) is 101 Å². The van der Waals surface area contributed by atoms with Gasteiger partial charge in [-0.1, -0.05) is 77.5 Å². The SMILES string of the molecule is CC(C)C[C@H]1C(=O)N[C@@H](C)C(=O)N(C)[C@@H](C)C(=O)N2CC[C@H]2C(=O)N(C)[C@@H](CC2CCCCC2)C(=O)N(C)CC(=O)N[C@@H](CCc2ccc(C(F)(F)F)c(Cl)c2)C(=O)N2CCC[C@H]2C(O)NCCCCC(=O)N(C)[C@@H](C(C)C)C(=O)N(C)[C@H](C(=O)N2CCCCC2)CC(=O)N1C. The Morgan fingerprint density at radius 3 is 1.92 bits per heavy atom. The van der Waals surface area contributed by atoms with Gasteiger partial charge in [0, 0.05) is 74.9 Å². The molecule has 4 saturated heterocycles. The summed E-state index contributed by atoms with van der Waals surface area (Å²) in [7, 11) is 8.65. The van der Waals surface area contributed by atoms with Gasteiger partial charge in [-0.2, -0.15) is 13.2 Å². The minimum absolute atomic E-state index is 0.0136. The molecule has 5 aliphatic rings. The van der Waals surface area contributed by atoms with Gasteiger partial charge in [0.1, 0.15) is 54.6 Å². The summed E-state index contributed by atoms with van der Waals surface area (Å²) in [5.74, 6) is -6.98. The molecule has 0 bridgehead atoms. The molecule has 0 radical (unpaired) electrons. The predicted octanol–water partition coefficient (Wildman–Crippen LogP) is 4.65. The number of likely N-dealkylation sites (tertiary alicyclic amines) is 1. The van der Waals surface area contributed by atoms with Gasteiger partial charge in [-0.05, 0) is 133 Å². The Balaban J connectivity index is 1.31. The number of piperidine rings is 1. The van der Waals surface area contributed by atoms with Crippen LogP contribution in [0.3, 0.4) is 0 Å². The molecule has 4 N–H and O–H groups in total. The van der Waals surface area contributed by atoms with Gasteiger partial charge in [-0.15, -0.1) is 0 Å². The molecular weight excluding hydrogens is 1270 g/mol. The number of nitrogens with zero attached hydrogens (tertiary/aromatic N) is 9. The Bertz CT molecular complexity index is 2930. The maximum atomic E-state index is 14.8. The summed E-state index contributed by atoms with van der Waals surface area (Å²) in [5, 5.41) is 19.7. The highest BCUT2D eigenvalue weighted by Crippen LogP contribution is 2.36. The van der Waals surface area contributed by atoms with Gasteiger partial charge >= 0.3 is 6.18 Å². The number of halogens is 4. The van der Waals surface area contributed by atoms with Gasteiger partial charge in [0.25, 0.3) is 0 Å². The molecule has 6 rings (SSSR count). The van der Waals surface area contributed by atoms with Crippen LogP contribution in [0.25, 0.3) is 0 Å². The van der Waals surface area contributed by atoms with Crippen molar-refractivity contribution in [1.82, 2.24) is 60.0 Å². The lowest BCUT2D eigenvalue weighted by Gasteiger charge is -2.45. The Morgan fingerprint density at radius 2 is 1.31 bits per heavy atom. The summed E-state index contributed by atoms with van der Waals surface area (Å²) in [4.78, 5) is 172. The minimum atomic E-state index is -4.73. The van der Waals surface area contributed by atoms with Crippen LogP contribution in [0, 0.1) is 17.8 Å². The third kappa shape index (κ3) is 20.0. The second-order valence-electron chi connectivity index (χ2n) is 28.1. The number of carbonyl (C=O) groups is 11. The number of rotatable bonds is 9. The van der Waals surface area contributed by atoms with E-state index in [9.17, 15) is 71.0 Å². The van der Waals surface area contributed by atoms with Crippen LogP contribution in [0.2, 0.25) is 5.02 Å². The molecule has 1 aromatic rings. The van der Waals surface area contributed by atoms with E-state index in [1.807, 2.05) is 13.8 Å². The zero-order chi connectivity index (χ0) is 71.2. The molecule has 1 aromatic carbocycles.